The Labute approximate surface area is 337 Å². The van der Waals surface area contributed by atoms with Crippen molar-refractivity contribution in [3.8, 4) is 0 Å². The maximum atomic E-state index is 13.0. The van der Waals surface area contributed by atoms with E-state index in [1.165, 1.54) is 116 Å². The molecule has 2 unspecified atom stereocenters. The number of hydrogen-bond donors (Lipinski definition) is 6. The highest BCUT2D eigenvalue weighted by Crippen LogP contribution is 2.23. The molecule has 9 nitrogen and oxygen atoms in total. The zero-order valence-electron chi connectivity index (χ0n) is 35.4. The van der Waals surface area contributed by atoms with Gasteiger partial charge in [0.2, 0.25) is 5.91 Å². The molecule has 0 aliphatic carbocycles. The lowest BCUT2D eigenvalue weighted by Gasteiger charge is -2.40. The number of nitrogens with one attached hydrogen (secondary N) is 1. The van der Waals surface area contributed by atoms with E-state index in [1.807, 2.05) is 0 Å². The van der Waals surface area contributed by atoms with Gasteiger partial charge in [0.05, 0.1) is 25.4 Å². The molecule has 1 amide bonds. The van der Waals surface area contributed by atoms with Crippen LogP contribution in [0.5, 0.6) is 0 Å². The van der Waals surface area contributed by atoms with Gasteiger partial charge < -0.3 is 40.3 Å². The summed E-state index contributed by atoms with van der Waals surface area (Å²) in [5.74, 6) is -0.158. The maximum Gasteiger partial charge on any atom is 0.220 e. The Hall–Kier alpha value is -1.33. The zero-order valence-corrected chi connectivity index (χ0v) is 35.4. The first-order chi connectivity index (χ1) is 26.8. The van der Waals surface area contributed by atoms with Gasteiger partial charge >= 0.3 is 0 Å². The highest BCUT2D eigenvalue weighted by Gasteiger charge is 2.44. The SMILES string of the molecule is CCCCC/C=C/C/C=C/CCCCCCCC(=O)N[C@@H](CO[C@@H]1O[C@H](CO)[C@@H](O)C(O)C1O)[C@H](O)CCCCCCCCCCCCCCCCCCC. The third-order valence-corrected chi connectivity index (χ3v) is 11.1. The van der Waals surface area contributed by atoms with Gasteiger partial charge in [-0.1, -0.05) is 179 Å². The van der Waals surface area contributed by atoms with Crippen molar-refractivity contribution in [3.05, 3.63) is 24.3 Å². The average Bonchev–Trinajstić information content (AvgIpc) is 3.18. The molecule has 1 saturated heterocycles. The number of hydrogen-bond acceptors (Lipinski definition) is 8. The van der Waals surface area contributed by atoms with Crippen LogP contribution in [0.15, 0.2) is 24.3 Å². The Morgan fingerprint density at radius 2 is 1.07 bits per heavy atom. The quantitative estimate of drug-likeness (QED) is 0.0268. The van der Waals surface area contributed by atoms with Crippen molar-refractivity contribution in [1.29, 1.82) is 0 Å². The second-order valence-corrected chi connectivity index (χ2v) is 16.2. The van der Waals surface area contributed by atoms with Crippen LogP contribution in [0.2, 0.25) is 0 Å². The fourth-order valence-corrected chi connectivity index (χ4v) is 7.31. The van der Waals surface area contributed by atoms with Crippen LogP contribution in [-0.4, -0.2) is 87.5 Å². The Balaban J connectivity index is 2.34. The largest absolute Gasteiger partial charge is 0.394 e. The molecule has 7 atom stereocenters. The lowest BCUT2D eigenvalue weighted by molar-refractivity contribution is -0.302. The third kappa shape index (κ3) is 27.9. The second kappa shape index (κ2) is 37.0. The third-order valence-electron chi connectivity index (χ3n) is 11.1. The lowest BCUT2D eigenvalue weighted by Crippen LogP contribution is -2.60. The van der Waals surface area contributed by atoms with E-state index >= 15 is 0 Å². The first kappa shape index (κ1) is 51.7. The molecular formula is C46H87NO8. The second-order valence-electron chi connectivity index (χ2n) is 16.2. The number of ether oxygens (including phenoxy) is 2. The Morgan fingerprint density at radius 3 is 1.60 bits per heavy atom. The van der Waals surface area contributed by atoms with E-state index in [1.54, 1.807) is 0 Å². The summed E-state index contributed by atoms with van der Waals surface area (Å²) in [6.45, 7) is 3.80. The average molecular weight is 782 g/mol. The highest BCUT2D eigenvalue weighted by molar-refractivity contribution is 5.76. The number of rotatable bonds is 38. The van der Waals surface area contributed by atoms with Gasteiger partial charge in [0.1, 0.15) is 24.4 Å². The topological polar surface area (TPSA) is 149 Å². The smallest absolute Gasteiger partial charge is 0.220 e. The first-order valence-corrected chi connectivity index (χ1v) is 23.0. The van der Waals surface area contributed by atoms with Crippen LogP contribution in [0, 0.1) is 0 Å². The minimum atomic E-state index is -1.55. The molecule has 9 heteroatoms. The number of carbonyl (C=O) groups excluding carboxylic acids is 1. The van der Waals surface area contributed by atoms with Crippen LogP contribution < -0.4 is 5.32 Å². The Kier molecular flexibility index (Phi) is 34.7. The van der Waals surface area contributed by atoms with E-state index in [2.05, 4.69) is 43.5 Å². The number of aliphatic hydroxyl groups excluding tert-OH is 5. The van der Waals surface area contributed by atoms with Crippen LogP contribution in [0.1, 0.15) is 206 Å². The number of amides is 1. The first-order valence-electron chi connectivity index (χ1n) is 23.0. The standard InChI is InChI=1S/C46H87NO8/c1-3-5-7-9-11-13-15-17-19-20-22-23-25-27-29-31-33-35-40(49)39(38-54-46-45(53)44(52)43(51)41(37-48)55-46)47-42(50)36-34-32-30-28-26-24-21-18-16-14-12-10-8-6-4-2/h12,14,18,21,39-41,43-46,48-49,51-53H,3-11,13,15-17,19-20,22-38H2,1-2H3,(H,47,50)/b14-12+,21-18+/t39-,40+,41+,43+,44?,45?,46+/m0/s1. The molecule has 0 aromatic heterocycles. The number of unbranched alkanes of at least 4 members (excludes halogenated alkanes) is 24. The summed E-state index contributed by atoms with van der Waals surface area (Å²) in [7, 11) is 0. The molecule has 324 valence electrons. The van der Waals surface area contributed by atoms with Crippen molar-refractivity contribution >= 4 is 5.91 Å². The summed E-state index contributed by atoms with van der Waals surface area (Å²) >= 11 is 0. The van der Waals surface area contributed by atoms with Gasteiger partial charge in [-0.3, -0.25) is 4.79 Å². The van der Waals surface area contributed by atoms with Gasteiger partial charge in [-0.15, -0.1) is 0 Å². The van der Waals surface area contributed by atoms with Gasteiger partial charge in [0.15, 0.2) is 6.29 Å². The predicted molar refractivity (Wildman–Crippen MR) is 226 cm³/mol. The molecule has 1 aliphatic heterocycles. The summed E-state index contributed by atoms with van der Waals surface area (Å²) in [4.78, 5) is 13.0. The summed E-state index contributed by atoms with van der Waals surface area (Å²) in [5.41, 5.74) is 0. The molecule has 0 aromatic carbocycles. The summed E-state index contributed by atoms with van der Waals surface area (Å²) in [6, 6.07) is -0.723. The van der Waals surface area contributed by atoms with Crippen LogP contribution >= 0.6 is 0 Å². The Morgan fingerprint density at radius 1 is 0.618 bits per heavy atom. The summed E-state index contributed by atoms with van der Waals surface area (Å²) in [6.07, 6.45) is 36.0. The van der Waals surface area contributed by atoms with Crippen LogP contribution in [0.25, 0.3) is 0 Å². The normalized spacial score (nSPS) is 21.5. The number of allylic oxidation sites excluding steroid dienone is 4. The molecule has 1 aliphatic rings. The molecule has 0 radical (unpaired) electrons. The van der Waals surface area contributed by atoms with Gasteiger partial charge in [-0.05, 0) is 44.9 Å². The van der Waals surface area contributed by atoms with Gasteiger partial charge in [-0.25, -0.2) is 0 Å². The molecule has 0 saturated carbocycles. The van der Waals surface area contributed by atoms with Crippen LogP contribution in [0.4, 0.5) is 0 Å². The zero-order chi connectivity index (χ0) is 40.2. The van der Waals surface area contributed by atoms with E-state index in [0.717, 1.165) is 64.2 Å². The maximum absolute atomic E-state index is 13.0. The fourth-order valence-electron chi connectivity index (χ4n) is 7.31. The fraction of sp³-hybridized carbons (Fsp3) is 0.891. The van der Waals surface area contributed by atoms with Crippen molar-refractivity contribution in [1.82, 2.24) is 5.32 Å². The van der Waals surface area contributed by atoms with E-state index in [9.17, 15) is 30.3 Å². The lowest BCUT2D eigenvalue weighted by atomic mass is 9.99. The molecule has 1 heterocycles. The van der Waals surface area contributed by atoms with E-state index < -0.39 is 49.5 Å². The van der Waals surface area contributed by atoms with Gasteiger partial charge in [0, 0.05) is 6.42 Å². The van der Waals surface area contributed by atoms with Crippen molar-refractivity contribution in [2.75, 3.05) is 13.2 Å². The molecule has 6 N–H and O–H groups in total. The molecule has 55 heavy (non-hydrogen) atoms. The number of carbonyl (C=O) groups is 1. The number of aliphatic hydroxyl groups is 5. The minimum Gasteiger partial charge on any atom is -0.394 e. The van der Waals surface area contributed by atoms with Gasteiger partial charge in [-0.2, -0.15) is 0 Å². The minimum absolute atomic E-state index is 0.142. The molecule has 1 fully saturated rings. The molecular weight excluding hydrogens is 695 g/mol. The van der Waals surface area contributed by atoms with Crippen molar-refractivity contribution in [2.24, 2.45) is 0 Å². The molecule has 1 rings (SSSR count). The van der Waals surface area contributed by atoms with E-state index in [-0.39, 0.29) is 12.5 Å². The monoisotopic (exact) mass is 782 g/mol. The van der Waals surface area contributed by atoms with Crippen molar-refractivity contribution in [3.63, 3.8) is 0 Å². The predicted octanol–water partition coefficient (Wildman–Crippen LogP) is 9.50. The van der Waals surface area contributed by atoms with Crippen molar-refractivity contribution in [2.45, 2.75) is 249 Å². The highest BCUT2D eigenvalue weighted by atomic mass is 16.7. The molecule has 0 bridgehead atoms. The molecule has 0 aromatic rings. The van der Waals surface area contributed by atoms with Crippen LogP contribution in [-0.2, 0) is 14.3 Å². The van der Waals surface area contributed by atoms with E-state index in [4.69, 9.17) is 9.47 Å². The van der Waals surface area contributed by atoms with Crippen LogP contribution in [0.3, 0.4) is 0 Å². The summed E-state index contributed by atoms with van der Waals surface area (Å²) < 4.78 is 11.2. The Bertz CT molecular complexity index is 914. The van der Waals surface area contributed by atoms with Crippen molar-refractivity contribution < 1.29 is 39.8 Å². The van der Waals surface area contributed by atoms with E-state index in [0.29, 0.717) is 12.8 Å². The van der Waals surface area contributed by atoms with Gasteiger partial charge in [0.25, 0.3) is 0 Å². The molecule has 0 spiro atoms. The summed E-state index contributed by atoms with van der Waals surface area (Å²) in [5, 5.41) is 54.3.